The van der Waals surface area contributed by atoms with Crippen LogP contribution in [-0.4, -0.2) is 37.0 Å². The third kappa shape index (κ3) is 4.53. The molecule has 1 aliphatic rings. The van der Waals surface area contributed by atoms with E-state index in [0.717, 1.165) is 51.0 Å². The zero-order valence-electron chi connectivity index (χ0n) is 13.0. The number of nitrogens with one attached hydrogen (secondary N) is 1. The predicted molar refractivity (Wildman–Crippen MR) is 82.9 cm³/mol. The molecular formula is C17H25FN2O. The highest BCUT2D eigenvalue weighted by atomic mass is 19.1. The number of benzene rings is 1. The lowest BCUT2D eigenvalue weighted by molar-refractivity contribution is 0.0716. The Bertz CT molecular complexity index is 463. The summed E-state index contributed by atoms with van der Waals surface area (Å²) in [7, 11) is 0. The van der Waals surface area contributed by atoms with Gasteiger partial charge in [-0.2, -0.15) is 0 Å². The molecule has 2 rings (SSSR count). The monoisotopic (exact) mass is 292 g/mol. The molecule has 0 radical (unpaired) electrons. The Balaban J connectivity index is 2.10. The normalized spacial score (nSPS) is 16.0. The molecule has 0 atom stereocenters. The van der Waals surface area contributed by atoms with Gasteiger partial charge in [0.05, 0.1) is 0 Å². The van der Waals surface area contributed by atoms with Crippen molar-refractivity contribution in [2.75, 3.05) is 26.2 Å². The van der Waals surface area contributed by atoms with Crippen LogP contribution in [0.5, 0.6) is 0 Å². The van der Waals surface area contributed by atoms with Crippen molar-refractivity contribution in [3.8, 4) is 0 Å². The highest BCUT2D eigenvalue weighted by molar-refractivity contribution is 5.94. The summed E-state index contributed by atoms with van der Waals surface area (Å²) < 4.78 is 13.5. The fourth-order valence-corrected chi connectivity index (χ4v) is 2.96. The van der Waals surface area contributed by atoms with E-state index in [-0.39, 0.29) is 11.7 Å². The largest absolute Gasteiger partial charge is 0.338 e. The SMILES string of the molecule is CCCN(CC1CCNCC1)C(=O)c1cc(C)cc(F)c1. The van der Waals surface area contributed by atoms with Gasteiger partial charge in [0.2, 0.25) is 0 Å². The second kappa shape index (κ2) is 7.55. The summed E-state index contributed by atoms with van der Waals surface area (Å²) in [6.45, 7) is 7.45. The van der Waals surface area contributed by atoms with Crippen molar-refractivity contribution < 1.29 is 9.18 Å². The van der Waals surface area contributed by atoms with Crippen LogP contribution in [0.2, 0.25) is 0 Å². The molecule has 0 aromatic heterocycles. The van der Waals surface area contributed by atoms with Gasteiger partial charge >= 0.3 is 0 Å². The van der Waals surface area contributed by atoms with Crippen molar-refractivity contribution in [2.24, 2.45) is 5.92 Å². The summed E-state index contributed by atoms with van der Waals surface area (Å²) in [6, 6.07) is 4.57. The van der Waals surface area contributed by atoms with Crippen molar-refractivity contribution in [1.29, 1.82) is 0 Å². The highest BCUT2D eigenvalue weighted by Crippen LogP contribution is 2.17. The summed E-state index contributed by atoms with van der Waals surface area (Å²) in [6.07, 6.45) is 3.14. The van der Waals surface area contributed by atoms with Gasteiger partial charge in [0.1, 0.15) is 5.82 Å². The first-order valence-corrected chi connectivity index (χ1v) is 7.87. The Morgan fingerprint density at radius 2 is 2.05 bits per heavy atom. The van der Waals surface area contributed by atoms with Crippen LogP contribution >= 0.6 is 0 Å². The van der Waals surface area contributed by atoms with Gasteiger partial charge in [-0.15, -0.1) is 0 Å². The lowest BCUT2D eigenvalue weighted by Crippen LogP contribution is -2.39. The van der Waals surface area contributed by atoms with Gasteiger partial charge in [0.15, 0.2) is 0 Å². The molecule has 116 valence electrons. The van der Waals surface area contributed by atoms with Crippen LogP contribution in [-0.2, 0) is 0 Å². The fraction of sp³-hybridized carbons (Fsp3) is 0.588. The predicted octanol–water partition coefficient (Wildman–Crippen LogP) is 2.99. The average molecular weight is 292 g/mol. The Hall–Kier alpha value is -1.42. The molecule has 1 saturated heterocycles. The number of carbonyl (C=O) groups is 1. The molecule has 0 unspecified atom stereocenters. The van der Waals surface area contributed by atoms with Crippen LogP contribution in [0, 0.1) is 18.7 Å². The molecule has 1 aliphatic heterocycles. The van der Waals surface area contributed by atoms with Crippen molar-refractivity contribution >= 4 is 5.91 Å². The minimum absolute atomic E-state index is 0.0435. The highest BCUT2D eigenvalue weighted by Gasteiger charge is 2.21. The molecule has 4 heteroatoms. The van der Waals surface area contributed by atoms with Crippen molar-refractivity contribution in [3.63, 3.8) is 0 Å². The first-order chi connectivity index (χ1) is 10.1. The quantitative estimate of drug-likeness (QED) is 0.905. The Morgan fingerprint density at radius 1 is 1.33 bits per heavy atom. The molecule has 1 heterocycles. The standard InChI is InChI=1S/C17H25FN2O/c1-3-8-20(12-14-4-6-19-7-5-14)17(21)15-9-13(2)10-16(18)11-15/h9-11,14,19H,3-8,12H2,1-2H3. The number of carbonyl (C=O) groups excluding carboxylic acids is 1. The van der Waals surface area contributed by atoms with E-state index in [1.807, 2.05) is 11.8 Å². The van der Waals surface area contributed by atoms with E-state index in [0.29, 0.717) is 11.5 Å². The fourth-order valence-electron chi connectivity index (χ4n) is 2.96. The topological polar surface area (TPSA) is 32.3 Å². The first-order valence-electron chi connectivity index (χ1n) is 7.87. The first kappa shape index (κ1) is 16.0. The van der Waals surface area contributed by atoms with Gasteiger partial charge in [-0.25, -0.2) is 4.39 Å². The van der Waals surface area contributed by atoms with E-state index in [2.05, 4.69) is 12.2 Å². The Morgan fingerprint density at radius 3 is 2.67 bits per heavy atom. The van der Waals surface area contributed by atoms with E-state index in [1.165, 1.54) is 12.1 Å². The van der Waals surface area contributed by atoms with Gasteiger partial charge in [-0.05, 0) is 69.0 Å². The second-order valence-corrected chi connectivity index (χ2v) is 5.96. The maximum atomic E-state index is 13.5. The molecule has 0 spiro atoms. The second-order valence-electron chi connectivity index (χ2n) is 5.96. The van der Waals surface area contributed by atoms with Crippen molar-refractivity contribution in [2.45, 2.75) is 33.1 Å². The van der Waals surface area contributed by atoms with E-state index in [4.69, 9.17) is 0 Å². The number of amides is 1. The Kier molecular flexibility index (Phi) is 5.74. The number of hydrogen-bond donors (Lipinski definition) is 1. The minimum Gasteiger partial charge on any atom is -0.338 e. The lowest BCUT2D eigenvalue weighted by Gasteiger charge is -2.30. The molecule has 0 saturated carbocycles. The van der Waals surface area contributed by atoms with Crippen LogP contribution in [0.1, 0.15) is 42.1 Å². The number of rotatable bonds is 5. The Labute approximate surface area is 126 Å². The number of halogens is 1. The molecular weight excluding hydrogens is 267 g/mol. The minimum atomic E-state index is -0.336. The molecule has 1 fully saturated rings. The van der Waals surface area contributed by atoms with E-state index < -0.39 is 0 Å². The van der Waals surface area contributed by atoms with E-state index in [9.17, 15) is 9.18 Å². The molecule has 1 aromatic carbocycles. The summed E-state index contributed by atoms with van der Waals surface area (Å²) in [5, 5.41) is 3.34. The lowest BCUT2D eigenvalue weighted by atomic mass is 9.97. The van der Waals surface area contributed by atoms with Crippen LogP contribution in [0.25, 0.3) is 0 Å². The zero-order chi connectivity index (χ0) is 15.2. The summed E-state index contributed by atoms with van der Waals surface area (Å²) in [5.41, 5.74) is 1.26. The summed E-state index contributed by atoms with van der Waals surface area (Å²) in [5.74, 6) is 0.172. The van der Waals surface area contributed by atoms with Crippen LogP contribution < -0.4 is 5.32 Å². The average Bonchev–Trinajstić information content (AvgIpc) is 2.46. The number of hydrogen-bond acceptors (Lipinski definition) is 2. The molecule has 1 amide bonds. The van der Waals surface area contributed by atoms with Gasteiger partial charge in [-0.3, -0.25) is 4.79 Å². The molecule has 21 heavy (non-hydrogen) atoms. The van der Waals surface area contributed by atoms with Crippen molar-refractivity contribution in [3.05, 3.63) is 35.1 Å². The van der Waals surface area contributed by atoms with Crippen LogP contribution in [0.4, 0.5) is 4.39 Å². The molecule has 0 bridgehead atoms. The third-order valence-electron chi connectivity index (χ3n) is 4.01. The third-order valence-corrected chi connectivity index (χ3v) is 4.01. The number of aryl methyl sites for hydroxylation is 1. The number of nitrogens with zero attached hydrogens (tertiary/aromatic N) is 1. The van der Waals surface area contributed by atoms with Gasteiger partial charge in [0.25, 0.3) is 5.91 Å². The van der Waals surface area contributed by atoms with Gasteiger partial charge < -0.3 is 10.2 Å². The zero-order valence-corrected chi connectivity index (χ0v) is 13.0. The van der Waals surface area contributed by atoms with Gasteiger partial charge in [-0.1, -0.05) is 6.92 Å². The van der Waals surface area contributed by atoms with Crippen LogP contribution in [0.15, 0.2) is 18.2 Å². The van der Waals surface area contributed by atoms with Crippen LogP contribution in [0.3, 0.4) is 0 Å². The number of piperidine rings is 1. The molecule has 0 aliphatic carbocycles. The molecule has 1 N–H and O–H groups in total. The smallest absolute Gasteiger partial charge is 0.253 e. The van der Waals surface area contributed by atoms with Gasteiger partial charge in [0, 0.05) is 18.7 Å². The summed E-state index contributed by atoms with van der Waals surface area (Å²) in [4.78, 5) is 14.5. The van der Waals surface area contributed by atoms with E-state index in [1.54, 1.807) is 6.07 Å². The molecule has 3 nitrogen and oxygen atoms in total. The maximum absolute atomic E-state index is 13.5. The maximum Gasteiger partial charge on any atom is 0.253 e. The van der Waals surface area contributed by atoms with E-state index >= 15 is 0 Å². The summed E-state index contributed by atoms with van der Waals surface area (Å²) >= 11 is 0. The molecule has 1 aromatic rings. The van der Waals surface area contributed by atoms with Crippen molar-refractivity contribution in [1.82, 2.24) is 10.2 Å².